The van der Waals surface area contributed by atoms with Gasteiger partial charge < -0.3 is 0 Å². The standard InChI is InChI=1S/Co.La.2O. The Bertz CT molecular complexity index is 8.00. The second kappa shape index (κ2) is 27.7. The minimum absolute atomic E-state index is 0.0833. The van der Waals surface area contributed by atoms with Crippen molar-refractivity contribution in [2.24, 2.45) is 0 Å². The zero-order valence-electron chi connectivity index (χ0n) is 1.73. The van der Waals surface area contributed by atoms with E-state index in [0.29, 0.717) is 0 Å². The van der Waals surface area contributed by atoms with E-state index in [4.69, 9.17) is 5.56 Å². The summed E-state index contributed by atoms with van der Waals surface area (Å²) in [5, 5.41) is 0. The SMILES string of the molecule is [O]=[Co].[O]=[La]. The Balaban J connectivity index is 0. The first kappa shape index (κ1) is 9.00. The van der Waals surface area contributed by atoms with Crippen LogP contribution in [0.1, 0.15) is 0 Å². The zero-order valence-corrected chi connectivity index (χ0v) is 6.39. The van der Waals surface area contributed by atoms with Crippen LogP contribution in [0.25, 0.3) is 0 Å². The Morgan fingerprint density at radius 1 is 1.25 bits per heavy atom. The van der Waals surface area contributed by atoms with Crippen molar-refractivity contribution < 1.29 is 55.0 Å². The van der Waals surface area contributed by atoms with Gasteiger partial charge in [0.25, 0.3) is 0 Å². The zero-order chi connectivity index (χ0) is 4.00. The molecule has 0 aromatic carbocycles. The average Bonchev–Trinajstić information content (AvgIpc) is 1.50. The Kier molecular flexibility index (Phi) is 62.3. The van der Waals surface area contributed by atoms with Crippen molar-refractivity contribution >= 4 is 0 Å². The first-order valence-electron chi connectivity index (χ1n) is 0.372. The molecule has 0 aliphatic heterocycles. The van der Waals surface area contributed by atoms with E-state index in [1.807, 2.05) is 0 Å². The monoisotopic (exact) mass is 230 g/mol. The van der Waals surface area contributed by atoms with Gasteiger partial charge in [0.1, 0.15) is 0 Å². The fourth-order valence-corrected chi connectivity index (χ4v) is 0. The van der Waals surface area contributed by atoms with Gasteiger partial charge in [-0.25, -0.2) is 0 Å². The molecule has 0 amide bonds. The molecule has 0 heterocycles. The van der Waals surface area contributed by atoms with Gasteiger partial charge in [-0.15, -0.1) is 0 Å². The van der Waals surface area contributed by atoms with Crippen LogP contribution in [0.3, 0.4) is 0 Å². The van der Waals surface area contributed by atoms with Crippen LogP contribution in [-0.4, -0.2) is 0 Å². The Hall–Kier alpha value is 1.30. The van der Waals surface area contributed by atoms with Crippen molar-refractivity contribution in [1.29, 1.82) is 0 Å². The molecule has 0 saturated heterocycles. The maximum atomic E-state index is 8.42. The third kappa shape index (κ3) is 10.3. The van der Waals surface area contributed by atoms with Gasteiger partial charge in [0.2, 0.25) is 0 Å². The Labute approximate surface area is 54.5 Å². The summed E-state index contributed by atoms with van der Waals surface area (Å²) in [4.78, 5) is 0. The molecule has 0 aromatic rings. The summed E-state index contributed by atoms with van der Waals surface area (Å²) in [6, 6.07) is 0. The molecular formula is CoLaO2. The van der Waals surface area contributed by atoms with E-state index >= 15 is 0 Å². The van der Waals surface area contributed by atoms with Crippen molar-refractivity contribution in [2.75, 3.05) is 0 Å². The van der Waals surface area contributed by atoms with Gasteiger partial charge in [0.15, 0.2) is 0 Å². The van der Waals surface area contributed by atoms with E-state index in [-0.39, 0.29) is 33.8 Å². The van der Waals surface area contributed by atoms with Crippen LogP contribution in [0.2, 0.25) is 0 Å². The Morgan fingerprint density at radius 3 is 1.25 bits per heavy atom. The summed E-state index contributed by atoms with van der Waals surface area (Å²) >= 11 is 2.23. The molecule has 0 spiro atoms. The molecule has 24 valence electrons. The van der Waals surface area contributed by atoms with E-state index < -0.39 is 0 Å². The van der Waals surface area contributed by atoms with E-state index in [0.717, 1.165) is 0 Å². The molecule has 0 rings (SSSR count). The minimum atomic E-state index is -0.0833. The summed E-state index contributed by atoms with van der Waals surface area (Å²) < 4.78 is 16.4. The molecule has 0 saturated carbocycles. The summed E-state index contributed by atoms with van der Waals surface area (Å²) in [5.74, 6) is 0. The van der Waals surface area contributed by atoms with Gasteiger partial charge in [-0.2, -0.15) is 0 Å². The van der Waals surface area contributed by atoms with Gasteiger partial charge in [0.05, 0.1) is 0 Å². The second-order valence-electron chi connectivity index (χ2n) is 0. The van der Waals surface area contributed by atoms with Crippen molar-refractivity contribution in [2.45, 2.75) is 0 Å². The molecule has 0 bridgehead atoms. The maximum absolute atomic E-state index is 8.42. The van der Waals surface area contributed by atoms with Crippen molar-refractivity contribution in [1.82, 2.24) is 0 Å². The summed E-state index contributed by atoms with van der Waals surface area (Å²) in [6.07, 6.45) is 0. The molecule has 0 atom stereocenters. The first-order chi connectivity index (χ1) is 2.00. The number of hydrogen-bond acceptors (Lipinski definition) is 2. The summed E-state index contributed by atoms with van der Waals surface area (Å²) in [7, 11) is 0. The average molecular weight is 230 g/mol. The van der Waals surface area contributed by atoms with Crippen LogP contribution < -0.4 is 0 Å². The van der Waals surface area contributed by atoms with Gasteiger partial charge in [-0.05, 0) is 0 Å². The van der Waals surface area contributed by atoms with Crippen molar-refractivity contribution in [3.05, 3.63) is 0 Å². The van der Waals surface area contributed by atoms with E-state index in [9.17, 15) is 0 Å². The summed E-state index contributed by atoms with van der Waals surface area (Å²) in [5.41, 5.74) is 0. The topological polar surface area (TPSA) is 34.1 Å². The molecular weight excluding hydrogens is 230 g/mol. The summed E-state index contributed by atoms with van der Waals surface area (Å²) in [6.45, 7) is 0. The van der Waals surface area contributed by atoms with Crippen LogP contribution in [-0.2, 0) is 21.2 Å². The van der Waals surface area contributed by atoms with Crippen LogP contribution in [0.4, 0.5) is 0 Å². The fourth-order valence-electron chi connectivity index (χ4n) is 0. The van der Waals surface area contributed by atoms with E-state index in [1.165, 1.54) is 0 Å². The molecule has 0 N–H and O–H groups in total. The molecule has 0 aromatic heterocycles. The third-order valence-corrected chi connectivity index (χ3v) is 0. The molecule has 0 fully saturated rings. The molecule has 0 aliphatic rings. The first-order valence-corrected chi connectivity index (χ1v) is 2.28. The number of hydrogen-bond donors (Lipinski definition) is 0. The van der Waals surface area contributed by atoms with Gasteiger partial charge in [-0.3, -0.25) is 0 Å². The van der Waals surface area contributed by atoms with Crippen molar-refractivity contribution in [3.8, 4) is 0 Å². The number of rotatable bonds is 0. The van der Waals surface area contributed by atoms with Crippen LogP contribution >= 0.6 is 0 Å². The molecule has 4 heteroatoms. The normalized spacial score (nSPS) is 2.75. The molecule has 0 aliphatic carbocycles. The van der Waals surface area contributed by atoms with Crippen LogP contribution in [0.5, 0.6) is 0 Å². The predicted octanol–water partition coefficient (Wildman–Crippen LogP) is -0.240. The van der Waals surface area contributed by atoms with Gasteiger partial charge in [-0.1, -0.05) is 0 Å². The molecule has 0 radical (unpaired) electrons. The molecule has 4 heavy (non-hydrogen) atoms. The molecule has 0 unspecified atom stereocenters. The fraction of sp³-hybridized carbons (Fsp3) is 0. The van der Waals surface area contributed by atoms with Gasteiger partial charge >= 0.3 is 55.0 Å². The van der Waals surface area contributed by atoms with E-state index in [1.54, 1.807) is 0 Å². The third-order valence-electron chi connectivity index (χ3n) is 0. The molecule has 2 nitrogen and oxygen atoms in total. The van der Waals surface area contributed by atoms with Crippen LogP contribution in [0.15, 0.2) is 0 Å². The van der Waals surface area contributed by atoms with Crippen molar-refractivity contribution in [3.63, 3.8) is 0 Å². The van der Waals surface area contributed by atoms with Crippen LogP contribution in [0, 0.1) is 33.8 Å². The van der Waals surface area contributed by atoms with Gasteiger partial charge in [0, 0.05) is 0 Å². The Morgan fingerprint density at radius 2 is 1.25 bits per heavy atom. The predicted molar refractivity (Wildman–Crippen MR) is 1.37 cm³/mol. The second-order valence-corrected chi connectivity index (χ2v) is 0. The quantitative estimate of drug-likeness (QED) is 0.575. The van der Waals surface area contributed by atoms with E-state index in [2.05, 4.69) is 15.7 Å².